The van der Waals surface area contributed by atoms with E-state index in [9.17, 15) is 4.79 Å². The molecule has 1 aromatic carbocycles. The molecule has 1 rings (SSSR count). The van der Waals surface area contributed by atoms with Gasteiger partial charge in [-0.3, -0.25) is 9.69 Å². The van der Waals surface area contributed by atoms with E-state index in [2.05, 4.69) is 19.2 Å². The fraction of sp³-hybridized carbons (Fsp3) is 0.500. The molecule has 0 saturated carbocycles. The average molecular weight is 269 g/mol. The lowest BCUT2D eigenvalue weighted by Crippen LogP contribution is -2.31. The molecule has 0 aliphatic rings. The van der Waals surface area contributed by atoms with Crippen LogP contribution in [0.15, 0.2) is 24.3 Å². The minimum Gasteiger partial charge on any atom is -0.325 e. The Hall–Kier alpha value is -1.06. The van der Waals surface area contributed by atoms with E-state index in [0.717, 1.165) is 18.7 Å². The van der Waals surface area contributed by atoms with E-state index < -0.39 is 0 Å². The lowest BCUT2D eigenvalue weighted by atomic mass is 10.1. The first-order valence-electron chi connectivity index (χ1n) is 6.21. The summed E-state index contributed by atoms with van der Waals surface area (Å²) in [4.78, 5) is 13.8. The molecule has 0 atom stereocenters. The van der Waals surface area contributed by atoms with Gasteiger partial charge < -0.3 is 5.32 Å². The van der Waals surface area contributed by atoms with Crippen molar-refractivity contribution in [2.45, 2.75) is 20.3 Å². The standard InChI is InChI=1S/C14H21ClN2O/c1-11(2)7-8-17(3)10-14(18)16-13-6-4-5-12(15)9-13/h4-6,9,11H,7-8,10H2,1-3H3,(H,16,18). The van der Waals surface area contributed by atoms with E-state index in [1.807, 2.05) is 24.1 Å². The first kappa shape index (κ1) is 15.0. The summed E-state index contributed by atoms with van der Waals surface area (Å²) in [6.07, 6.45) is 1.10. The summed E-state index contributed by atoms with van der Waals surface area (Å²) in [6.45, 7) is 5.69. The average Bonchev–Trinajstić information content (AvgIpc) is 2.26. The van der Waals surface area contributed by atoms with Crippen molar-refractivity contribution in [3.8, 4) is 0 Å². The number of carbonyl (C=O) groups excluding carboxylic acids is 1. The predicted molar refractivity (Wildman–Crippen MR) is 77.0 cm³/mol. The second-order valence-electron chi connectivity index (χ2n) is 4.98. The van der Waals surface area contributed by atoms with Crippen molar-refractivity contribution in [1.29, 1.82) is 0 Å². The quantitative estimate of drug-likeness (QED) is 0.859. The summed E-state index contributed by atoms with van der Waals surface area (Å²) >= 11 is 5.86. The maximum absolute atomic E-state index is 11.8. The number of nitrogens with zero attached hydrogens (tertiary/aromatic N) is 1. The molecule has 0 aromatic heterocycles. The smallest absolute Gasteiger partial charge is 0.238 e. The van der Waals surface area contributed by atoms with Crippen LogP contribution in [0.1, 0.15) is 20.3 Å². The number of hydrogen-bond acceptors (Lipinski definition) is 2. The van der Waals surface area contributed by atoms with Crippen molar-refractivity contribution in [3.05, 3.63) is 29.3 Å². The maximum Gasteiger partial charge on any atom is 0.238 e. The number of amides is 1. The van der Waals surface area contributed by atoms with Crippen molar-refractivity contribution in [3.63, 3.8) is 0 Å². The minimum absolute atomic E-state index is 0.0106. The van der Waals surface area contributed by atoms with Crippen LogP contribution in [0, 0.1) is 5.92 Å². The molecule has 1 amide bonds. The number of benzene rings is 1. The summed E-state index contributed by atoms with van der Waals surface area (Å²) in [5.74, 6) is 0.645. The van der Waals surface area contributed by atoms with Crippen LogP contribution < -0.4 is 5.32 Å². The van der Waals surface area contributed by atoms with Crippen LogP contribution in [0.25, 0.3) is 0 Å². The molecule has 0 aliphatic carbocycles. The Balaban J connectivity index is 2.37. The number of halogens is 1. The number of hydrogen-bond donors (Lipinski definition) is 1. The molecule has 0 radical (unpaired) electrons. The molecule has 3 nitrogen and oxygen atoms in total. The molecule has 4 heteroatoms. The number of carbonyl (C=O) groups is 1. The second-order valence-corrected chi connectivity index (χ2v) is 5.42. The summed E-state index contributed by atoms with van der Waals surface area (Å²) in [6, 6.07) is 7.18. The zero-order chi connectivity index (χ0) is 13.5. The Kier molecular flexibility index (Phi) is 6.16. The summed E-state index contributed by atoms with van der Waals surface area (Å²) < 4.78 is 0. The van der Waals surface area contributed by atoms with Crippen molar-refractivity contribution >= 4 is 23.2 Å². The largest absolute Gasteiger partial charge is 0.325 e. The van der Waals surface area contributed by atoms with Gasteiger partial charge in [-0.25, -0.2) is 0 Å². The number of nitrogens with one attached hydrogen (secondary N) is 1. The zero-order valence-electron chi connectivity index (χ0n) is 11.2. The molecule has 1 aromatic rings. The van der Waals surface area contributed by atoms with E-state index in [0.29, 0.717) is 17.5 Å². The van der Waals surface area contributed by atoms with Gasteiger partial charge in [-0.15, -0.1) is 0 Å². The van der Waals surface area contributed by atoms with Gasteiger partial charge >= 0.3 is 0 Å². The van der Waals surface area contributed by atoms with Gasteiger partial charge in [0.25, 0.3) is 0 Å². The third-order valence-electron chi connectivity index (χ3n) is 2.61. The van der Waals surface area contributed by atoms with Crippen LogP contribution in [0.4, 0.5) is 5.69 Å². The highest BCUT2D eigenvalue weighted by molar-refractivity contribution is 6.30. The van der Waals surface area contributed by atoms with Gasteiger partial charge in [0.2, 0.25) is 5.91 Å². The molecule has 18 heavy (non-hydrogen) atoms. The Morgan fingerprint density at radius 1 is 1.44 bits per heavy atom. The molecule has 0 fully saturated rings. The summed E-state index contributed by atoms with van der Waals surface area (Å²) in [5.41, 5.74) is 0.741. The van der Waals surface area contributed by atoms with E-state index in [-0.39, 0.29) is 5.91 Å². The van der Waals surface area contributed by atoms with E-state index in [1.54, 1.807) is 12.1 Å². The molecule has 0 spiro atoms. The SMILES string of the molecule is CC(C)CCN(C)CC(=O)Nc1cccc(Cl)c1. The van der Waals surface area contributed by atoms with Crippen molar-refractivity contribution < 1.29 is 4.79 Å². The molecule has 0 saturated heterocycles. The van der Waals surface area contributed by atoms with Crippen molar-refractivity contribution in [1.82, 2.24) is 4.90 Å². The fourth-order valence-corrected chi connectivity index (χ4v) is 1.76. The Labute approximate surface area is 114 Å². The second kappa shape index (κ2) is 7.39. The highest BCUT2D eigenvalue weighted by Crippen LogP contribution is 2.14. The normalized spacial score (nSPS) is 11.0. The topological polar surface area (TPSA) is 32.3 Å². The third kappa shape index (κ3) is 6.03. The van der Waals surface area contributed by atoms with Crippen LogP contribution in [0.5, 0.6) is 0 Å². The summed E-state index contributed by atoms with van der Waals surface area (Å²) in [5, 5.41) is 3.46. The van der Waals surface area contributed by atoms with E-state index in [1.165, 1.54) is 0 Å². The van der Waals surface area contributed by atoms with Gasteiger partial charge in [0.1, 0.15) is 0 Å². The van der Waals surface area contributed by atoms with Crippen LogP contribution in [-0.2, 0) is 4.79 Å². The van der Waals surface area contributed by atoms with Gasteiger partial charge in [0.15, 0.2) is 0 Å². The van der Waals surface area contributed by atoms with Gasteiger partial charge in [-0.2, -0.15) is 0 Å². The van der Waals surface area contributed by atoms with E-state index in [4.69, 9.17) is 11.6 Å². The van der Waals surface area contributed by atoms with Crippen molar-refractivity contribution in [2.75, 3.05) is 25.5 Å². The van der Waals surface area contributed by atoms with Gasteiger partial charge in [0, 0.05) is 10.7 Å². The van der Waals surface area contributed by atoms with Gasteiger partial charge in [-0.05, 0) is 44.1 Å². The Morgan fingerprint density at radius 2 is 2.17 bits per heavy atom. The zero-order valence-corrected chi connectivity index (χ0v) is 12.0. The molecular formula is C14H21ClN2O. The van der Waals surface area contributed by atoms with Gasteiger partial charge in [-0.1, -0.05) is 31.5 Å². The number of rotatable bonds is 6. The maximum atomic E-state index is 11.8. The van der Waals surface area contributed by atoms with Crippen LogP contribution in [0.2, 0.25) is 5.02 Å². The first-order valence-corrected chi connectivity index (χ1v) is 6.59. The van der Waals surface area contributed by atoms with Crippen LogP contribution in [-0.4, -0.2) is 30.9 Å². The molecule has 0 aliphatic heterocycles. The summed E-state index contributed by atoms with van der Waals surface area (Å²) in [7, 11) is 1.96. The predicted octanol–water partition coefficient (Wildman–Crippen LogP) is 3.26. The van der Waals surface area contributed by atoms with Crippen LogP contribution >= 0.6 is 11.6 Å². The molecule has 100 valence electrons. The van der Waals surface area contributed by atoms with E-state index >= 15 is 0 Å². The lowest BCUT2D eigenvalue weighted by molar-refractivity contribution is -0.117. The fourth-order valence-electron chi connectivity index (χ4n) is 1.57. The first-order chi connectivity index (χ1) is 8.47. The molecule has 0 bridgehead atoms. The lowest BCUT2D eigenvalue weighted by Gasteiger charge is -2.17. The highest BCUT2D eigenvalue weighted by atomic mass is 35.5. The number of likely N-dealkylation sites (N-methyl/N-ethyl adjacent to an activating group) is 1. The Bertz CT molecular complexity index is 393. The van der Waals surface area contributed by atoms with Gasteiger partial charge in [0.05, 0.1) is 6.54 Å². The Morgan fingerprint density at radius 3 is 2.78 bits per heavy atom. The monoisotopic (exact) mass is 268 g/mol. The number of anilines is 1. The molecular weight excluding hydrogens is 248 g/mol. The molecule has 1 N–H and O–H groups in total. The van der Waals surface area contributed by atoms with Crippen molar-refractivity contribution in [2.24, 2.45) is 5.92 Å². The minimum atomic E-state index is -0.0106. The van der Waals surface area contributed by atoms with Crippen LogP contribution in [0.3, 0.4) is 0 Å². The molecule has 0 unspecified atom stereocenters. The third-order valence-corrected chi connectivity index (χ3v) is 2.85. The molecule has 0 heterocycles. The highest BCUT2D eigenvalue weighted by Gasteiger charge is 2.07.